The van der Waals surface area contributed by atoms with Gasteiger partial charge in [0.05, 0.1) is 20.8 Å². The van der Waals surface area contributed by atoms with Crippen LogP contribution in [0.25, 0.3) is 0 Å². The number of anilines is 1. The minimum Gasteiger partial charge on any atom is -0.493 e. The molecule has 0 saturated carbocycles. The summed E-state index contributed by atoms with van der Waals surface area (Å²) in [6.45, 7) is 4.89. The summed E-state index contributed by atoms with van der Waals surface area (Å²) in [6, 6.07) is 13.8. The number of hydrogen-bond acceptors (Lipinski definition) is 4. The minimum absolute atomic E-state index is 0. The molecule has 0 atom stereocenters. The van der Waals surface area contributed by atoms with Crippen molar-refractivity contribution in [2.75, 3.05) is 45.8 Å². The first kappa shape index (κ1) is 25.5. The van der Waals surface area contributed by atoms with Gasteiger partial charge in [-0.3, -0.25) is 4.99 Å². The van der Waals surface area contributed by atoms with E-state index in [2.05, 4.69) is 22.8 Å². The quantitative estimate of drug-likeness (QED) is 0.281. The highest BCUT2D eigenvalue weighted by molar-refractivity contribution is 14.0. The molecule has 6 nitrogen and oxygen atoms in total. The summed E-state index contributed by atoms with van der Waals surface area (Å²) in [4.78, 5) is 4.93. The smallest absolute Gasteiger partial charge is 0.195 e. The summed E-state index contributed by atoms with van der Waals surface area (Å²) in [5, 5.41) is 7.45. The average Bonchev–Trinajstić information content (AvgIpc) is 2.78. The molecule has 31 heavy (non-hydrogen) atoms. The van der Waals surface area contributed by atoms with Gasteiger partial charge in [0.15, 0.2) is 17.5 Å². The fraction of sp³-hybridized carbons (Fsp3) is 0.435. The molecule has 2 aromatic carbocycles. The summed E-state index contributed by atoms with van der Waals surface area (Å²) in [5.41, 5.74) is 1.99. The topological polar surface area (TPSA) is 64.1 Å². The van der Waals surface area contributed by atoms with E-state index in [1.54, 1.807) is 14.2 Å². The van der Waals surface area contributed by atoms with Crippen molar-refractivity contribution in [3.05, 3.63) is 53.1 Å². The molecule has 0 bridgehead atoms. The third kappa shape index (κ3) is 6.63. The van der Waals surface area contributed by atoms with E-state index >= 15 is 0 Å². The minimum atomic E-state index is -0.0941. The third-order valence-electron chi connectivity index (χ3n) is 5.42. The molecule has 2 aromatic rings. The Balaban J connectivity index is 0.00000341. The molecular weight excluding hydrogens is 529 g/mol. The first-order valence-electron chi connectivity index (χ1n) is 10.2. The Morgan fingerprint density at radius 3 is 2.48 bits per heavy atom. The lowest BCUT2D eigenvalue weighted by Gasteiger charge is -2.36. The maximum absolute atomic E-state index is 6.29. The van der Waals surface area contributed by atoms with Crippen LogP contribution in [0.3, 0.4) is 0 Å². The first-order valence-corrected chi connectivity index (χ1v) is 10.6. The molecule has 0 aromatic heterocycles. The Labute approximate surface area is 206 Å². The van der Waals surface area contributed by atoms with Gasteiger partial charge in [-0.2, -0.15) is 0 Å². The fourth-order valence-electron chi connectivity index (χ4n) is 3.71. The molecule has 170 valence electrons. The molecule has 1 fully saturated rings. The zero-order valence-electron chi connectivity index (χ0n) is 18.2. The van der Waals surface area contributed by atoms with E-state index in [0.29, 0.717) is 18.0 Å². The van der Waals surface area contributed by atoms with E-state index < -0.39 is 0 Å². The molecule has 0 unspecified atom stereocenters. The number of ether oxygens (including phenoxy) is 3. The Hall–Kier alpha value is -1.71. The van der Waals surface area contributed by atoms with Crippen molar-refractivity contribution < 1.29 is 14.2 Å². The van der Waals surface area contributed by atoms with Crippen molar-refractivity contribution in [3.8, 4) is 11.5 Å². The van der Waals surface area contributed by atoms with Crippen LogP contribution in [-0.4, -0.2) is 46.5 Å². The second kappa shape index (κ2) is 12.4. The Kier molecular flexibility index (Phi) is 10.2. The molecule has 3 rings (SSSR count). The van der Waals surface area contributed by atoms with Gasteiger partial charge < -0.3 is 24.8 Å². The van der Waals surface area contributed by atoms with Gasteiger partial charge in [0, 0.05) is 41.9 Å². The summed E-state index contributed by atoms with van der Waals surface area (Å²) in [6.07, 6.45) is 1.82. The number of halogens is 2. The van der Waals surface area contributed by atoms with Gasteiger partial charge in [-0.05, 0) is 49.6 Å². The maximum atomic E-state index is 6.29. The number of aliphatic imine (C=N–C) groups is 1. The molecule has 1 aliphatic heterocycles. The highest BCUT2D eigenvalue weighted by atomic mass is 127. The average molecular weight is 560 g/mol. The summed E-state index contributed by atoms with van der Waals surface area (Å²) in [7, 11) is 3.25. The highest BCUT2D eigenvalue weighted by Gasteiger charge is 2.34. The van der Waals surface area contributed by atoms with Crippen molar-refractivity contribution in [3.63, 3.8) is 0 Å². The number of methoxy groups -OCH3 is 2. The number of nitrogens with zero attached hydrogens (tertiary/aromatic N) is 1. The SMILES string of the molecule is CCNC(=NCC1(c2cccc(Cl)c2)CCOCC1)Nc1ccc(OC)c(OC)c1.I. The van der Waals surface area contributed by atoms with E-state index in [1.807, 2.05) is 37.3 Å². The Morgan fingerprint density at radius 2 is 1.84 bits per heavy atom. The normalized spacial score (nSPS) is 15.5. The van der Waals surface area contributed by atoms with E-state index in [4.69, 9.17) is 30.8 Å². The standard InChI is InChI=1S/C23H30ClN3O3.HI/c1-4-25-22(27-19-8-9-20(28-2)21(15-19)29-3)26-16-23(10-12-30-13-11-23)17-6-5-7-18(24)14-17;/h5-9,14-15H,4,10-13,16H2,1-3H3,(H2,25,26,27);1H. The van der Waals surface area contributed by atoms with E-state index in [-0.39, 0.29) is 29.4 Å². The molecule has 0 spiro atoms. The van der Waals surface area contributed by atoms with Crippen molar-refractivity contribution in [2.45, 2.75) is 25.2 Å². The van der Waals surface area contributed by atoms with E-state index in [9.17, 15) is 0 Å². The number of hydrogen-bond donors (Lipinski definition) is 2. The predicted molar refractivity (Wildman–Crippen MR) is 138 cm³/mol. The lowest BCUT2D eigenvalue weighted by molar-refractivity contribution is 0.0531. The first-order chi connectivity index (χ1) is 14.6. The number of guanidine groups is 1. The summed E-state index contributed by atoms with van der Waals surface area (Å²) < 4.78 is 16.4. The summed E-state index contributed by atoms with van der Waals surface area (Å²) in [5.74, 6) is 2.07. The molecule has 1 aliphatic rings. The van der Waals surface area contributed by atoms with Crippen molar-refractivity contribution >= 4 is 47.2 Å². The van der Waals surface area contributed by atoms with Crippen LogP contribution in [0.5, 0.6) is 11.5 Å². The lowest BCUT2D eigenvalue weighted by atomic mass is 9.74. The second-order valence-electron chi connectivity index (χ2n) is 7.29. The summed E-state index contributed by atoms with van der Waals surface area (Å²) >= 11 is 6.29. The van der Waals surface area contributed by atoms with Gasteiger partial charge in [0.2, 0.25) is 0 Å². The van der Waals surface area contributed by atoms with Gasteiger partial charge in [-0.1, -0.05) is 23.7 Å². The molecule has 2 N–H and O–H groups in total. The van der Waals surface area contributed by atoms with Gasteiger partial charge in [-0.15, -0.1) is 24.0 Å². The van der Waals surface area contributed by atoms with Crippen LogP contribution >= 0.6 is 35.6 Å². The Morgan fingerprint density at radius 1 is 1.10 bits per heavy atom. The molecule has 1 saturated heterocycles. The monoisotopic (exact) mass is 559 g/mol. The highest BCUT2D eigenvalue weighted by Crippen LogP contribution is 2.36. The molecule has 1 heterocycles. The second-order valence-corrected chi connectivity index (χ2v) is 7.73. The van der Waals surface area contributed by atoms with Crippen molar-refractivity contribution in [2.24, 2.45) is 4.99 Å². The Bertz CT molecular complexity index is 873. The third-order valence-corrected chi connectivity index (χ3v) is 5.65. The number of nitrogens with one attached hydrogen (secondary N) is 2. The van der Waals surface area contributed by atoms with Crippen molar-refractivity contribution in [1.82, 2.24) is 5.32 Å². The predicted octanol–water partition coefficient (Wildman–Crippen LogP) is 5.10. The zero-order chi connectivity index (χ0) is 21.4. The van der Waals surface area contributed by atoms with Crippen LogP contribution in [0.1, 0.15) is 25.3 Å². The number of rotatable bonds is 7. The molecular formula is C23H31ClIN3O3. The van der Waals surface area contributed by atoms with Gasteiger partial charge >= 0.3 is 0 Å². The van der Waals surface area contributed by atoms with Crippen LogP contribution in [-0.2, 0) is 10.2 Å². The van der Waals surface area contributed by atoms with Crippen LogP contribution in [0, 0.1) is 0 Å². The number of benzene rings is 2. The van der Waals surface area contributed by atoms with Crippen molar-refractivity contribution in [1.29, 1.82) is 0 Å². The van der Waals surface area contributed by atoms with E-state index in [1.165, 1.54) is 5.56 Å². The van der Waals surface area contributed by atoms with Gasteiger partial charge in [-0.25, -0.2) is 0 Å². The molecule has 8 heteroatoms. The van der Waals surface area contributed by atoms with Crippen LogP contribution < -0.4 is 20.1 Å². The van der Waals surface area contributed by atoms with E-state index in [0.717, 1.165) is 49.3 Å². The van der Waals surface area contributed by atoms with Crippen LogP contribution in [0.4, 0.5) is 5.69 Å². The molecule has 0 amide bonds. The van der Waals surface area contributed by atoms with Gasteiger partial charge in [0.1, 0.15) is 0 Å². The lowest BCUT2D eigenvalue weighted by Crippen LogP contribution is -2.39. The zero-order valence-corrected chi connectivity index (χ0v) is 21.3. The molecule has 0 aliphatic carbocycles. The van der Waals surface area contributed by atoms with Crippen LogP contribution in [0.15, 0.2) is 47.5 Å². The molecule has 0 radical (unpaired) electrons. The maximum Gasteiger partial charge on any atom is 0.195 e. The van der Waals surface area contributed by atoms with Crippen LogP contribution in [0.2, 0.25) is 5.02 Å². The fourth-order valence-corrected chi connectivity index (χ4v) is 3.90. The van der Waals surface area contributed by atoms with Gasteiger partial charge in [0.25, 0.3) is 0 Å². The largest absolute Gasteiger partial charge is 0.493 e.